The highest BCUT2D eigenvalue weighted by molar-refractivity contribution is 5.92. The average Bonchev–Trinajstić information content (AvgIpc) is 3.50. The molecule has 1 saturated carbocycles. The summed E-state index contributed by atoms with van der Waals surface area (Å²) in [4.78, 5) is 11.6. The van der Waals surface area contributed by atoms with Crippen LogP contribution in [0.2, 0.25) is 0 Å². The van der Waals surface area contributed by atoms with Crippen LogP contribution < -0.4 is 10.1 Å². The number of ether oxygens (including phenoxy) is 1. The molecule has 1 saturated heterocycles. The molecule has 3 heterocycles. The highest BCUT2D eigenvalue weighted by Crippen LogP contribution is 2.42. The maximum atomic E-state index is 13.7. The molecule has 1 N–H and O–H groups in total. The molecule has 1 amide bonds. The third-order valence-corrected chi connectivity index (χ3v) is 6.86. The summed E-state index contributed by atoms with van der Waals surface area (Å²) in [6.07, 6.45) is 3.99. The lowest BCUT2D eigenvalue weighted by Gasteiger charge is -2.20. The Morgan fingerprint density at radius 3 is 2.81 bits per heavy atom. The SMILES string of the molecule is Cc1c2c(O[C@H](C)C3CNC(=O)C3)cc(-c3cnn(C4CCC(F)(F)C4)c3)cc2nn1C. The summed E-state index contributed by atoms with van der Waals surface area (Å²) in [5.41, 5.74) is 3.48. The molecule has 0 spiro atoms. The van der Waals surface area contributed by atoms with Gasteiger partial charge in [0.05, 0.1) is 23.1 Å². The summed E-state index contributed by atoms with van der Waals surface area (Å²) >= 11 is 0. The lowest BCUT2D eigenvalue weighted by atomic mass is 10.0. The van der Waals surface area contributed by atoms with Gasteiger partial charge in [-0.15, -0.1) is 0 Å². The molecule has 1 aliphatic carbocycles. The molecule has 2 fully saturated rings. The Morgan fingerprint density at radius 1 is 1.31 bits per heavy atom. The number of carbonyl (C=O) groups is 1. The van der Waals surface area contributed by atoms with Crippen molar-refractivity contribution in [1.29, 1.82) is 0 Å². The Bertz CT molecular complexity index is 1180. The quantitative estimate of drug-likeness (QED) is 0.647. The Balaban J connectivity index is 1.49. The van der Waals surface area contributed by atoms with Crippen molar-refractivity contribution in [1.82, 2.24) is 24.9 Å². The fourth-order valence-corrected chi connectivity index (χ4v) is 4.80. The van der Waals surface area contributed by atoms with Crippen LogP contribution in [0.4, 0.5) is 8.78 Å². The summed E-state index contributed by atoms with van der Waals surface area (Å²) in [5.74, 6) is -1.76. The molecule has 7 nitrogen and oxygen atoms in total. The number of hydrogen-bond acceptors (Lipinski definition) is 4. The normalized spacial score (nSPS) is 23.6. The largest absolute Gasteiger partial charge is 0.490 e. The molecule has 32 heavy (non-hydrogen) atoms. The number of hydrogen-bond donors (Lipinski definition) is 1. The standard InChI is InChI=1S/C23H27F2N5O2/c1-13-22-19(28-29(13)3)6-15(7-20(22)32-14(2)16-8-21(31)26-10-16)17-11-27-30(12-17)18-4-5-23(24,25)9-18/h6-7,11-12,14,16,18H,4-5,8-10H2,1-3H3,(H,26,31)/t14-,16?,18?/m1/s1. The minimum atomic E-state index is -2.62. The van der Waals surface area contributed by atoms with Gasteiger partial charge < -0.3 is 10.1 Å². The second kappa shape index (κ2) is 7.56. The van der Waals surface area contributed by atoms with E-state index in [1.807, 2.05) is 43.9 Å². The van der Waals surface area contributed by atoms with Gasteiger partial charge in [-0.05, 0) is 38.0 Å². The van der Waals surface area contributed by atoms with E-state index in [4.69, 9.17) is 4.74 Å². The molecule has 1 aromatic carbocycles. The van der Waals surface area contributed by atoms with E-state index in [-0.39, 0.29) is 36.8 Å². The molecule has 5 rings (SSSR count). The predicted octanol–water partition coefficient (Wildman–Crippen LogP) is 4.01. The van der Waals surface area contributed by atoms with Gasteiger partial charge in [-0.3, -0.25) is 14.2 Å². The van der Waals surface area contributed by atoms with E-state index >= 15 is 0 Å². The summed E-state index contributed by atoms with van der Waals surface area (Å²) < 4.78 is 37.2. The first-order valence-corrected chi connectivity index (χ1v) is 11.0. The average molecular weight is 443 g/mol. The molecule has 0 radical (unpaired) electrons. The number of fused-ring (bicyclic) bond motifs is 1. The van der Waals surface area contributed by atoms with E-state index in [0.29, 0.717) is 25.1 Å². The van der Waals surface area contributed by atoms with E-state index in [2.05, 4.69) is 15.5 Å². The maximum absolute atomic E-state index is 13.7. The van der Waals surface area contributed by atoms with E-state index < -0.39 is 5.92 Å². The third-order valence-electron chi connectivity index (χ3n) is 6.86. The predicted molar refractivity (Wildman–Crippen MR) is 116 cm³/mol. The third kappa shape index (κ3) is 3.73. The van der Waals surface area contributed by atoms with Crippen molar-refractivity contribution >= 4 is 16.8 Å². The number of nitrogens with zero attached hydrogens (tertiary/aromatic N) is 4. The Morgan fingerprint density at radius 2 is 2.12 bits per heavy atom. The van der Waals surface area contributed by atoms with Crippen LogP contribution in [-0.4, -0.2) is 44.0 Å². The minimum Gasteiger partial charge on any atom is -0.490 e. The zero-order valence-electron chi connectivity index (χ0n) is 18.4. The number of rotatable bonds is 5. The molecule has 2 aliphatic rings. The summed E-state index contributed by atoms with van der Waals surface area (Å²) in [6.45, 7) is 4.58. The number of alkyl halides is 2. The summed E-state index contributed by atoms with van der Waals surface area (Å²) in [7, 11) is 1.89. The van der Waals surface area contributed by atoms with Gasteiger partial charge in [0.25, 0.3) is 0 Å². The van der Waals surface area contributed by atoms with Crippen LogP contribution in [0.1, 0.15) is 44.3 Å². The van der Waals surface area contributed by atoms with Crippen LogP contribution in [-0.2, 0) is 11.8 Å². The van der Waals surface area contributed by atoms with Crippen molar-refractivity contribution in [3.63, 3.8) is 0 Å². The number of carbonyl (C=O) groups excluding carboxylic acids is 1. The molecule has 0 bridgehead atoms. The molecule has 1 aliphatic heterocycles. The van der Waals surface area contributed by atoms with Gasteiger partial charge in [0, 0.05) is 56.2 Å². The lowest BCUT2D eigenvalue weighted by Crippen LogP contribution is -2.25. The van der Waals surface area contributed by atoms with E-state index in [1.54, 1.807) is 10.9 Å². The van der Waals surface area contributed by atoms with Crippen molar-refractivity contribution in [3.8, 4) is 16.9 Å². The number of nitrogens with one attached hydrogen (secondary N) is 1. The van der Waals surface area contributed by atoms with Crippen molar-refractivity contribution in [2.24, 2.45) is 13.0 Å². The highest BCUT2D eigenvalue weighted by atomic mass is 19.3. The lowest BCUT2D eigenvalue weighted by molar-refractivity contribution is -0.119. The number of benzene rings is 1. The van der Waals surface area contributed by atoms with Gasteiger partial charge >= 0.3 is 0 Å². The minimum absolute atomic E-state index is 0.0480. The zero-order valence-corrected chi connectivity index (χ0v) is 18.4. The molecule has 2 unspecified atom stereocenters. The van der Waals surface area contributed by atoms with Crippen molar-refractivity contribution < 1.29 is 18.3 Å². The molecular weight excluding hydrogens is 416 g/mol. The molecule has 9 heteroatoms. The van der Waals surface area contributed by atoms with Crippen molar-refractivity contribution in [3.05, 3.63) is 30.2 Å². The summed E-state index contributed by atoms with van der Waals surface area (Å²) in [5, 5.41) is 12.8. The van der Waals surface area contributed by atoms with Gasteiger partial charge in [-0.2, -0.15) is 10.2 Å². The summed E-state index contributed by atoms with van der Waals surface area (Å²) in [6, 6.07) is 3.65. The Hall–Kier alpha value is -2.97. The van der Waals surface area contributed by atoms with Crippen LogP contribution in [0.5, 0.6) is 5.75 Å². The van der Waals surface area contributed by atoms with Gasteiger partial charge in [-0.25, -0.2) is 8.78 Å². The number of halogens is 2. The van der Waals surface area contributed by atoms with Crippen molar-refractivity contribution in [2.75, 3.05) is 6.54 Å². The second-order valence-electron chi connectivity index (χ2n) is 9.13. The second-order valence-corrected chi connectivity index (χ2v) is 9.13. The monoisotopic (exact) mass is 443 g/mol. The van der Waals surface area contributed by atoms with Gasteiger partial charge in [0.2, 0.25) is 11.8 Å². The first-order chi connectivity index (χ1) is 15.2. The van der Waals surface area contributed by atoms with Gasteiger partial charge in [-0.1, -0.05) is 0 Å². The number of aromatic nitrogens is 4. The van der Waals surface area contributed by atoms with Gasteiger partial charge in [0.15, 0.2) is 0 Å². The zero-order chi connectivity index (χ0) is 22.6. The Labute approximate surface area is 184 Å². The fourth-order valence-electron chi connectivity index (χ4n) is 4.80. The van der Waals surface area contributed by atoms with E-state index in [9.17, 15) is 13.6 Å². The molecule has 170 valence electrons. The molecule has 3 atom stereocenters. The smallest absolute Gasteiger partial charge is 0.250 e. The highest BCUT2D eigenvalue weighted by Gasteiger charge is 2.40. The van der Waals surface area contributed by atoms with Crippen LogP contribution >= 0.6 is 0 Å². The number of amides is 1. The van der Waals surface area contributed by atoms with Crippen LogP contribution in [0.3, 0.4) is 0 Å². The molecule has 2 aromatic heterocycles. The number of aryl methyl sites for hydroxylation is 2. The maximum Gasteiger partial charge on any atom is 0.250 e. The van der Waals surface area contributed by atoms with Crippen LogP contribution in [0.25, 0.3) is 22.0 Å². The van der Waals surface area contributed by atoms with Gasteiger partial charge in [0.1, 0.15) is 11.9 Å². The van der Waals surface area contributed by atoms with Crippen molar-refractivity contribution in [2.45, 2.75) is 57.6 Å². The van der Waals surface area contributed by atoms with Crippen LogP contribution in [0.15, 0.2) is 24.5 Å². The van der Waals surface area contributed by atoms with Crippen LogP contribution in [0, 0.1) is 12.8 Å². The van der Waals surface area contributed by atoms with E-state index in [1.165, 1.54) is 0 Å². The topological polar surface area (TPSA) is 74.0 Å². The fraction of sp³-hybridized carbons (Fsp3) is 0.522. The Kier molecular flexibility index (Phi) is 4.94. The first-order valence-electron chi connectivity index (χ1n) is 11.0. The molecular formula is C23H27F2N5O2. The van der Waals surface area contributed by atoms with E-state index in [0.717, 1.165) is 27.7 Å². The first kappa shape index (κ1) is 20.9. The molecule has 3 aromatic rings.